The monoisotopic (exact) mass is 251 g/mol. The van der Waals surface area contributed by atoms with Crippen molar-refractivity contribution in [3.63, 3.8) is 0 Å². The fourth-order valence-electron chi connectivity index (χ4n) is 1.45. The molecule has 0 atom stereocenters. The third-order valence-corrected chi connectivity index (χ3v) is 2.42. The summed E-state index contributed by atoms with van der Waals surface area (Å²) in [5.41, 5.74) is 2.23. The van der Waals surface area contributed by atoms with Gasteiger partial charge in [-0.05, 0) is 20.8 Å². The van der Waals surface area contributed by atoms with E-state index in [4.69, 9.17) is 4.74 Å². The highest BCUT2D eigenvalue weighted by molar-refractivity contribution is 5.94. The van der Waals surface area contributed by atoms with Crippen molar-refractivity contribution >= 4 is 17.6 Å². The third kappa shape index (κ3) is 3.44. The predicted octanol–water partition coefficient (Wildman–Crippen LogP) is 1.09. The van der Waals surface area contributed by atoms with Gasteiger partial charge in [-0.2, -0.15) is 5.10 Å². The smallest absolute Gasteiger partial charge is 0.330 e. The Balaban J connectivity index is 2.57. The lowest BCUT2D eigenvalue weighted by atomic mass is 10.3. The first-order chi connectivity index (χ1) is 8.45. The molecule has 0 aliphatic rings. The molecule has 0 saturated heterocycles. The Kier molecular flexibility index (Phi) is 4.65. The highest BCUT2D eigenvalue weighted by Gasteiger charge is 2.13. The second-order valence-corrected chi connectivity index (χ2v) is 3.83. The lowest BCUT2D eigenvalue weighted by Crippen LogP contribution is -2.20. The van der Waals surface area contributed by atoms with E-state index in [1.165, 1.54) is 6.08 Å². The van der Waals surface area contributed by atoms with Crippen molar-refractivity contribution in [2.45, 2.75) is 20.8 Å². The number of nitrogens with zero attached hydrogens (tertiary/aromatic N) is 2. The molecule has 1 aromatic heterocycles. The van der Waals surface area contributed by atoms with Crippen LogP contribution in [-0.2, 0) is 21.4 Å². The van der Waals surface area contributed by atoms with Crippen LogP contribution in [0, 0.1) is 13.8 Å². The summed E-state index contributed by atoms with van der Waals surface area (Å²) in [5, 5.41) is 6.84. The molecule has 0 spiro atoms. The summed E-state index contributed by atoms with van der Waals surface area (Å²) < 4.78 is 6.42. The normalized spacial score (nSPS) is 10.7. The average Bonchev–Trinajstić information content (AvgIpc) is 2.54. The number of aromatic nitrogens is 2. The molecule has 6 nitrogen and oxygen atoms in total. The fourth-order valence-corrected chi connectivity index (χ4v) is 1.45. The van der Waals surface area contributed by atoms with Gasteiger partial charge in [-0.1, -0.05) is 6.08 Å². The third-order valence-electron chi connectivity index (χ3n) is 2.42. The number of hydrogen-bond acceptors (Lipinski definition) is 4. The Hall–Kier alpha value is -2.11. The number of hydrogen-bond donors (Lipinski definition) is 1. The molecule has 1 aromatic rings. The second-order valence-electron chi connectivity index (χ2n) is 3.83. The van der Waals surface area contributed by atoms with Crippen molar-refractivity contribution in [1.29, 1.82) is 0 Å². The van der Waals surface area contributed by atoms with Crippen molar-refractivity contribution in [2.75, 3.05) is 11.9 Å². The lowest BCUT2D eigenvalue weighted by molar-refractivity contribution is -0.142. The van der Waals surface area contributed by atoms with Gasteiger partial charge in [-0.25, -0.2) is 4.79 Å². The van der Waals surface area contributed by atoms with Crippen molar-refractivity contribution in [2.24, 2.45) is 7.05 Å². The van der Waals surface area contributed by atoms with E-state index in [1.54, 1.807) is 31.7 Å². The summed E-state index contributed by atoms with van der Waals surface area (Å²) in [5.74, 6) is -0.917. The van der Waals surface area contributed by atoms with Crippen LogP contribution in [0.25, 0.3) is 0 Å². The van der Waals surface area contributed by atoms with E-state index in [9.17, 15) is 9.59 Å². The number of ether oxygens (including phenoxy) is 1. The number of amides is 1. The first-order valence-electron chi connectivity index (χ1n) is 5.55. The molecular formula is C12H17N3O3. The Bertz CT molecular complexity index is 489. The van der Waals surface area contributed by atoms with Crippen LogP contribution in [0.5, 0.6) is 0 Å². The van der Waals surface area contributed by atoms with Crippen LogP contribution in [0.2, 0.25) is 0 Å². The number of esters is 1. The number of carbonyl (C=O) groups is 2. The summed E-state index contributed by atoms with van der Waals surface area (Å²) in [6.45, 7) is 5.04. The van der Waals surface area contributed by atoms with Crippen LogP contribution in [0.4, 0.5) is 5.69 Å². The summed E-state index contributed by atoms with van der Waals surface area (Å²) in [6, 6.07) is 0. The van der Waals surface area contributed by atoms with Crippen LogP contribution in [-0.4, -0.2) is 28.3 Å². The van der Waals surface area contributed by atoms with Crippen LogP contribution in [0.3, 0.4) is 0 Å². The maximum Gasteiger partial charge on any atom is 0.330 e. The minimum atomic E-state index is -0.535. The number of carbonyl (C=O) groups excluding carboxylic acids is 2. The zero-order valence-corrected chi connectivity index (χ0v) is 11.0. The number of rotatable bonds is 4. The van der Waals surface area contributed by atoms with Crippen LogP contribution in [0.1, 0.15) is 18.3 Å². The van der Waals surface area contributed by atoms with Gasteiger partial charge in [0.1, 0.15) is 0 Å². The Labute approximate surface area is 106 Å². The van der Waals surface area contributed by atoms with E-state index in [2.05, 4.69) is 10.4 Å². The molecule has 0 radical (unpaired) electrons. The fraction of sp³-hybridized carbons (Fsp3) is 0.417. The van der Waals surface area contributed by atoms with Crippen molar-refractivity contribution in [3.8, 4) is 0 Å². The van der Waals surface area contributed by atoms with Crippen LogP contribution in [0.15, 0.2) is 12.2 Å². The molecule has 0 saturated carbocycles. The molecule has 0 unspecified atom stereocenters. The van der Waals surface area contributed by atoms with Crippen LogP contribution < -0.4 is 5.32 Å². The second kappa shape index (κ2) is 6.00. The molecule has 18 heavy (non-hydrogen) atoms. The molecule has 98 valence electrons. The van der Waals surface area contributed by atoms with Crippen molar-refractivity contribution in [1.82, 2.24) is 9.78 Å². The van der Waals surface area contributed by atoms with E-state index in [1.807, 2.05) is 6.92 Å². The van der Waals surface area contributed by atoms with E-state index in [-0.39, 0.29) is 12.5 Å². The molecule has 0 aliphatic carbocycles. The van der Waals surface area contributed by atoms with Crippen LogP contribution >= 0.6 is 0 Å². The molecule has 0 aliphatic heterocycles. The molecule has 1 N–H and O–H groups in total. The first-order valence-corrected chi connectivity index (χ1v) is 5.55. The zero-order chi connectivity index (χ0) is 13.7. The number of anilines is 1. The summed E-state index contributed by atoms with van der Waals surface area (Å²) >= 11 is 0. The van der Waals surface area contributed by atoms with Gasteiger partial charge in [0.2, 0.25) is 0 Å². The van der Waals surface area contributed by atoms with Gasteiger partial charge in [0.05, 0.1) is 17.1 Å². The summed E-state index contributed by atoms with van der Waals surface area (Å²) in [4.78, 5) is 22.6. The SMILES string of the molecule is C/C=C/C(=O)OCC(=O)Nc1c(C)nn(C)c1C. The van der Waals surface area contributed by atoms with Crippen molar-refractivity contribution < 1.29 is 14.3 Å². The first kappa shape index (κ1) is 14.0. The molecule has 0 aromatic carbocycles. The maximum atomic E-state index is 11.6. The van der Waals surface area contributed by atoms with Gasteiger partial charge in [0, 0.05) is 13.1 Å². The highest BCUT2D eigenvalue weighted by Crippen LogP contribution is 2.17. The standard InChI is InChI=1S/C12H17N3O3/c1-5-6-11(17)18-7-10(16)13-12-8(2)14-15(4)9(12)3/h5-6H,7H2,1-4H3,(H,13,16)/b6-5+. The zero-order valence-electron chi connectivity index (χ0n) is 11.0. The Morgan fingerprint density at radius 3 is 2.61 bits per heavy atom. The maximum absolute atomic E-state index is 11.6. The molecular weight excluding hydrogens is 234 g/mol. The van der Waals surface area contributed by atoms with E-state index in [0.29, 0.717) is 5.69 Å². The Morgan fingerprint density at radius 1 is 1.44 bits per heavy atom. The van der Waals surface area contributed by atoms with Gasteiger partial charge in [0.25, 0.3) is 5.91 Å². The van der Waals surface area contributed by atoms with Gasteiger partial charge in [0.15, 0.2) is 6.61 Å². The minimum Gasteiger partial charge on any atom is -0.452 e. The number of nitrogens with one attached hydrogen (secondary N) is 1. The predicted molar refractivity (Wildman–Crippen MR) is 67.1 cm³/mol. The molecule has 0 bridgehead atoms. The lowest BCUT2D eigenvalue weighted by Gasteiger charge is -2.05. The molecule has 1 heterocycles. The van der Waals surface area contributed by atoms with Gasteiger partial charge in [-0.15, -0.1) is 0 Å². The van der Waals surface area contributed by atoms with Gasteiger partial charge < -0.3 is 10.1 Å². The summed E-state index contributed by atoms with van der Waals surface area (Å²) in [7, 11) is 1.80. The van der Waals surface area contributed by atoms with E-state index >= 15 is 0 Å². The number of allylic oxidation sites excluding steroid dienone is 1. The largest absolute Gasteiger partial charge is 0.452 e. The van der Waals surface area contributed by atoms with Gasteiger partial charge >= 0.3 is 5.97 Å². The highest BCUT2D eigenvalue weighted by atomic mass is 16.5. The Morgan fingerprint density at radius 2 is 2.11 bits per heavy atom. The number of aryl methyl sites for hydroxylation is 2. The van der Waals surface area contributed by atoms with E-state index < -0.39 is 5.97 Å². The average molecular weight is 251 g/mol. The van der Waals surface area contributed by atoms with Gasteiger partial charge in [-0.3, -0.25) is 9.48 Å². The van der Waals surface area contributed by atoms with Crippen molar-refractivity contribution in [3.05, 3.63) is 23.5 Å². The van der Waals surface area contributed by atoms with E-state index in [0.717, 1.165) is 11.4 Å². The molecule has 0 fully saturated rings. The molecule has 1 rings (SSSR count). The topological polar surface area (TPSA) is 73.2 Å². The summed E-state index contributed by atoms with van der Waals surface area (Å²) in [6.07, 6.45) is 2.81. The molecule has 6 heteroatoms. The quantitative estimate of drug-likeness (QED) is 0.642. The molecule has 1 amide bonds. The minimum absolute atomic E-state index is 0.309.